The quantitative estimate of drug-likeness (QED) is 0.497. The lowest BCUT2D eigenvalue weighted by atomic mass is 10.2. The van der Waals surface area contributed by atoms with E-state index in [0.29, 0.717) is 5.75 Å². The zero-order valence-corrected chi connectivity index (χ0v) is 14.0. The molecule has 23 heavy (non-hydrogen) atoms. The average Bonchev–Trinajstić information content (AvgIpc) is 3.40. The predicted octanol–water partition coefficient (Wildman–Crippen LogP) is 2.28. The minimum absolute atomic E-state index is 0.364. The Hall–Kier alpha value is -1.91. The number of para-hydroxylation sites is 2. The first-order valence-corrected chi connectivity index (χ1v) is 8.76. The van der Waals surface area contributed by atoms with E-state index in [9.17, 15) is 5.11 Å². The number of aromatic hydroxyl groups is 1. The molecule has 0 bridgehead atoms. The van der Waals surface area contributed by atoms with Gasteiger partial charge >= 0.3 is 0 Å². The fraction of sp³-hybridized carbons (Fsp3) is 0.611. The van der Waals surface area contributed by atoms with E-state index >= 15 is 0 Å². The molecule has 126 valence electrons. The number of nitrogens with zero attached hydrogens (tertiary/aromatic N) is 3. The van der Waals surface area contributed by atoms with E-state index in [1.807, 2.05) is 25.2 Å². The van der Waals surface area contributed by atoms with Gasteiger partial charge in [0.15, 0.2) is 5.96 Å². The molecule has 1 heterocycles. The van der Waals surface area contributed by atoms with Gasteiger partial charge in [-0.1, -0.05) is 25.0 Å². The Morgan fingerprint density at radius 3 is 2.61 bits per heavy atom. The van der Waals surface area contributed by atoms with Crippen LogP contribution < -0.4 is 10.2 Å². The van der Waals surface area contributed by atoms with Crippen LogP contribution in [0.2, 0.25) is 0 Å². The third-order valence-corrected chi connectivity index (χ3v) is 4.78. The fourth-order valence-electron chi connectivity index (χ4n) is 3.22. The molecule has 1 aromatic rings. The van der Waals surface area contributed by atoms with Crippen LogP contribution in [0.5, 0.6) is 5.75 Å². The summed E-state index contributed by atoms with van der Waals surface area (Å²) in [6.45, 7) is 4.68. The second-order valence-corrected chi connectivity index (χ2v) is 6.52. The molecule has 0 spiro atoms. The molecule has 2 fully saturated rings. The van der Waals surface area contributed by atoms with Crippen LogP contribution in [0, 0.1) is 5.92 Å². The highest BCUT2D eigenvalue weighted by Crippen LogP contribution is 2.33. The number of aliphatic imine (C=N–C) groups is 1. The average molecular weight is 316 g/mol. The van der Waals surface area contributed by atoms with E-state index in [1.54, 1.807) is 6.07 Å². The minimum Gasteiger partial charge on any atom is -0.506 e. The van der Waals surface area contributed by atoms with Crippen molar-refractivity contribution in [2.24, 2.45) is 10.9 Å². The normalized spacial score (nSPS) is 19.1. The highest BCUT2D eigenvalue weighted by atomic mass is 16.3. The third-order valence-electron chi connectivity index (χ3n) is 4.78. The standard InChI is InChI=1S/C18H28N4O/c1-19-18(20-10-4-5-15-8-9-15)22-13-11-21(12-14-22)16-6-2-3-7-17(16)23/h2-3,6-7,15,23H,4-5,8-14H2,1H3,(H,19,20). The molecule has 1 saturated heterocycles. The molecular weight excluding hydrogens is 288 g/mol. The first-order chi connectivity index (χ1) is 11.3. The Morgan fingerprint density at radius 1 is 1.22 bits per heavy atom. The van der Waals surface area contributed by atoms with Gasteiger partial charge in [0.25, 0.3) is 0 Å². The Balaban J connectivity index is 1.45. The summed E-state index contributed by atoms with van der Waals surface area (Å²) in [5, 5.41) is 13.5. The van der Waals surface area contributed by atoms with Crippen LogP contribution in [0.3, 0.4) is 0 Å². The Morgan fingerprint density at radius 2 is 1.96 bits per heavy atom. The Labute approximate surface area is 139 Å². The van der Waals surface area contributed by atoms with Crippen molar-refractivity contribution in [1.82, 2.24) is 10.2 Å². The molecule has 1 saturated carbocycles. The second kappa shape index (κ2) is 7.57. The van der Waals surface area contributed by atoms with E-state index in [2.05, 4.69) is 20.1 Å². The summed E-state index contributed by atoms with van der Waals surface area (Å²) in [6.07, 6.45) is 5.46. The van der Waals surface area contributed by atoms with Crippen molar-refractivity contribution >= 4 is 11.6 Å². The summed E-state index contributed by atoms with van der Waals surface area (Å²) >= 11 is 0. The lowest BCUT2D eigenvalue weighted by molar-refractivity contribution is 0.369. The molecule has 2 aliphatic rings. The SMILES string of the molecule is CN=C(NCCCC1CC1)N1CCN(c2ccccc2O)CC1. The molecule has 5 heteroatoms. The first kappa shape index (κ1) is 16.0. The highest BCUT2D eigenvalue weighted by Gasteiger charge is 2.22. The van der Waals surface area contributed by atoms with Crippen molar-refractivity contribution in [3.63, 3.8) is 0 Å². The lowest BCUT2D eigenvalue weighted by Crippen LogP contribution is -2.52. The number of rotatable bonds is 5. The van der Waals surface area contributed by atoms with Crippen LogP contribution in [-0.4, -0.2) is 55.7 Å². The van der Waals surface area contributed by atoms with Crippen LogP contribution in [0.4, 0.5) is 5.69 Å². The van der Waals surface area contributed by atoms with Crippen molar-refractivity contribution in [3.05, 3.63) is 24.3 Å². The van der Waals surface area contributed by atoms with Gasteiger partial charge in [-0.05, 0) is 30.9 Å². The van der Waals surface area contributed by atoms with Gasteiger partial charge in [-0.2, -0.15) is 0 Å². The maximum absolute atomic E-state index is 9.99. The molecule has 2 N–H and O–H groups in total. The summed E-state index contributed by atoms with van der Waals surface area (Å²) in [5.41, 5.74) is 0.930. The molecule has 1 aliphatic heterocycles. The van der Waals surface area contributed by atoms with Gasteiger partial charge < -0.3 is 20.2 Å². The highest BCUT2D eigenvalue weighted by molar-refractivity contribution is 5.80. The molecule has 1 aromatic carbocycles. The van der Waals surface area contributed by atoms with E-state index in [0.717, 1.165) is 50.3 Å². The Kier molecular flexibility index (Phi) is 5.26. The lowest BCUT2D eigenvalue weighted by Gasteiger charge is -2.37. The summed E-state index contributed by atoms with van der Waals surface area (Å²) in [5.74, 6) is 2.38. The number of hydrogen-bond donors (Lipinski definition) is 2. The van der Waals surface area contributed by atoms with Gasteiger partial charge in [0.2, 0.25) is 0 Å². The van der Waals surface area contributed by atoms with Gasteiger partial charge in [0, 0.05) is 39.8 Å². The number of piperazine rings is 1. The zero-order valence-electron chi connectivity index (χ0n) is 14.0. The molecule has 3 rings (SSSR count). The first-order valence-electron chi connectivity index (χ1n) is 8.76. The van der Waals surface area contributed by atoms with Crippen molar-refractivity contribution in [3.8, 4) is 5.75 Å². The smallest absolute Gasteiger partial charge is 0.193 e. The van der Waals surface area contributed by atoms with Gasteiger partial charge in [-0.15, -0.1) is 0 Å². The van der Waals surface area contributed by atoms with Crippen LogP contribution >= 0.6 is 0 Å². The summed E-state index contributed by atoms with van der Waals surface area (Å²) in [7, 11) is 1.86. The topological polar surface area (TPSA) is 51.1 Å². The third kappa shape index (κ3) is 4.30. The molecule has 0 amide bonds. The number of guanidine groups is 1. The predicted molar refractivity (Wildman–Crippen MR) is 95.2 cm³/mol. The number of phenolic OH excluding ortho intramolecular Hbond substituents is 1. The zero-order chi connectivity index (χ0) is 16.1. The van der Waals surface area contributed by atoms with E-state index in [4.69, 9.17) is 0 Å². The molecular formula is C18H28N4O. The molecule has 0 aromatic heterocycles. The van der Waals surface area contributed by atoms with E-state index < -0.39 is 0 Å². The molecule has 0 atom stereocenters. The van der Waals surface area contributed by atoms with Crippen molar-refractivity contribution in [1.29, 1.82) is 0 Å². The van der Waals surface area contributed by atoms with Gasteiger partial charge in [0.05, 0.1) is 5.69 Å². The maximum atomic E-state index is 9.99. The molecule has 0 unspecified atom stereocenters. The number of nitrogens with one attached hydrogen (secondary N) is 1. The number of hydrogen-bond acceptors (Lipinski definition) is 3. The van der Waals surface area contributed by atoms with Crippen LogP contribution in [-0.2, 0) is 0 Å². The number of benzene rings is 1. The van der Waals surface area contributed by atoms with Crippen molar-refractivity contribution < 1.29 is 5.11 Å². The monoisotopic (exact) mass is 316 g/mol. The van der Waals surface area contributed by atoms with Crippen LogP contribution in [0.1, 0.15) is 25.7 Å². The molecule has 5 nitrogen and oxygen atoms in total. The molecule has 1 aliphatic carbocycles. The number of anilines is 1. The van der Waals surface area contributed by atoms with Gasteiger partial charge in [0.1, 0.15) is 5.75 Å². The van der Waals surface area contributed by atoms with E-state index in [1.165, 1.54) is 25.7 Å². The van der Waals surface area contributed by atoms with Crippen molar-refractivity contribution in [2.75, 3.05) is 44.7 Å². The largest absolute Gasteiger partial charge is 0.506 e. The Bertz CT molecular complexity index is 534. The van der Waals surface area contributed by atoms with Crippen molar-refractivity contribution in [2.45, 2.75) is 25.7 Å². The van der Waals surface area contributed by atoms with Gasteiger partial charge in [-0.25, -0.2) is 0 Å². The van der Waals surface area contributed by atoms with Crippen LogP contribution in [0.25, 0.3) is 0 Å². The molecule has 0 radical (unpaired) electrons. The second-order valence-electron chi connectivity index (χ2n) is 6.52. The number of phenols is 1. The summed E-state index contributed by atoms with van der Waals surface area (Å²) in [6, 6.07) is 7.57. The summed E-state index contributed by atoms with van der Waals surface area (Å²) < 4.78 is 0. The van der Waals surface area contributed by atoms with Crippen LogP contribution in [0.15, 0.2) is 29.3 Å². The summed E-state index contributed by atoms with van der Waals surface area (Å²) in [4.78, 5) is 8.98. The maximum Gasteiger partial charge on any atom is 0.193 e. The fourth-order valence-corrected chi connectivity index (χ4v) is 3.22. The minimum atomic E-state index is 0.364. The van der Waals surface area contributed by atoms with Gasteiger partial charge in [-0.3, -0.25) is 4.99 Å². The van der Waals surface area contributed by atoms with E-state index in [-0.39, 0.29) is 0 Å².